The highest BCUT2D eigenvalue weighted by Gasteiger charge is 2.19. The van der Waals surface area contributed by atoms with Crippen LogP contribution in [0.1, 0.15) is 0 Å². The highest BCUT2D eigenvalue weighted by atomic mass is 31.1. The van der Waals surface area contributed by atoms with Crippen molar-refractivity contribution in [2.45, 2.75) is 0 Å². The molecular weight excluding hydrogens is 374 g/mol. The molecule has 0 aromatic heterocycles. The van der Waals surface area contributed by atoms with Gasteiger partial charge < -0.3 is 0 Å². The minimum Gasteiger partial charge on any atom is -0.0702 e. The van der Waals surface area contributed by atoms with Gasteiger partial charge >= 0.3 is 0 Å². The second kappa shape index (κ2) is 9.66. The number of hydrogen-bond donors (Lipinski definition) is 0. The Morgan fingerprint density at radius 1 is 0.464 bits per heavy atom. The van der Waals surface area contributed by atoms with Gasteiger partial charge in [0.2, 0.25) is 0 Å². The molecule has 4 rings (SSSR count). The van der Waals surface area contributed by atoms with Crippen molar-refractivity contribution in [3.8, 4) is 0 Å². The molecule has 2 heteroatoms. The quantitative estimate of drug-likeness (QED) is 0.392. The van der Waals surface area contributed by atoms with Crippen LogP contribution in [0.2, 0.25) is 0 Å². The van der Waals surface area contributed by atoms with Gasteiger partial charge in [-0.25, -0.2) is 0 Å². The summed E-state index contributed by atoms with van der Waals surface area (Å²) in [6, 6.07) is 45.5. The smallest absolute Gasteiger partial charge is 0.00347 e. The standard InChI is InChI=1S/C26H22P2/c1-5-13-23(14-6-1)27(24-15-7-2-8-16-24)21-22-28(25-17-9-3-10-18-25)26-19-11-4-12-20-26/h1-3,5-11,13-20H,21-22H2. The summed E-state index contributed by atoms with van der Waals surface area (Å²) in [4.78, 5) is 0. The second-order valence-corrected chi connectivity index (χ2v) is 11.2. The third-order valence-electron chi connectivity index (χ3n) is 4.70. The lowest BCUT2D eigenvalue weighted by molar-refractivity contribution is 1.51. The molecule has 4 aromatic rings. The molecule has 0 N–H and O–H groups in total. The fourth-order valence-electron chi connectivity index (χ4n) is 3.35. The third-order valence-corrected chi connectivity index (χ3v) is 10.1. The second-order valence-electron chi connectivity index (χ2n) is 6.50. The lowest BCUT2D eigenvalue weighted by Gasteiger charge is -2.23. The van der Waals surface area contributed by atoms with Crippen LogP contribution in [0.25, 0.3) is 0 Å². The molecule has 1 unspecified atom stereocenters. The summed E-state index contributed by atoms with van der Waals surface area (Å²) in [6.07, 6.45) is 2.36. The molecule has 0 amide bonds. The van der Waals surface area contributed by atoms with Crippen LogP contribution in [0.15, 0.2) is 109 Å². The minimum atomic E-state index is -0.399. The summed E-state index contributed by atoms with van der Waals surface area (Å²) in [5.74, 6) is 0. The molecule has 0 saturated carbocycles. The van der Waals surface area contributed by atoms with Gasteiger partial charge in [0, 0.05) is 0 Å². The summed E-state index contributed by atoms with van der Waals surface area (Å²) in [5, 5.41) is 5.74. The molecule has 136 valence electrons. The van der Waals surface area contributed by atoms with E-state index in [1.807, 2.05) is 6.07 Å². The molecule has 0 aliphatic heterocycles. The van der Waals surface area contributed by atoms with Gasteiger partial charge in [0.05, 0.1) is 0 Å². The predicted molar refractivity (Wildman–Crippen MR) is 126 cm³/mol. The van der Waals surface area contributed by atoms with E-state index in [1.54, 1.807) is 0 Å². The van der Waals surface area contributed by atoms with Gasteiger partial charge in [0.15, 0.2) is 0 Å². The van der Waals surface area contributed by atoms with Crippen molar-refractivity contribution in [3.63, 3.8) is 0 Å². The summed E-state index contributed by atoms with van der Waals surface area (Å²) in [7, 11) is -0.765. The van der Waals surface area contributed by atoms with Crippen molar-refractivity contribution in [2.24, 2.45) is 0 Å². The molecule has 4 aromatic carbocycles. The summed E-state index contributed by atoms with van der Waals surface area (Å²) in [6.45, 7) is 0. The normalized spacial score (nSPS) is 10.8. The average molecular weight is 396 g/mol. The van der Waals surface area contributed by atoms with Crippen LogP contribution in [0.4, 0.5) is 0 Å². The van der Waals surface area contributed by atoms with Crippen molar-refractivity contribution >= 4 is 37.1 Å². The Morgan fingerprint density at radius 2 is 0.893 bits per heavy atom. The van der Waals surface area contributed by atoms with E-state index in [0.29, 0.717) is 0 Å². The van der Waals surface area contributed by atoms with Crippen molar-refractivity contribution in [3.05, 3.63) is 121 Å². The average Bonchev–Trinajstić information content (AvgIpc) is 2.79. The van der Waals surface area contributed by atoms with Crippen LogP contribution >= 0.6 is 15.8 Å². The lowest BCUT2D eigenvalue weighted by Crippen LogP contribution is -2.19. The van der Waals surface area contributed by atoms with Gasteiger partial charge in [-0.15, -0.1) is 0 Å². The van der Waals surface area contributed by atoms with Crippen LogP contribution in [-0.4, -0.2) is 12.3 Å². The van der Waals surface area contributed by atoms with E-state index in [2.05, 4.69) is 115 Å². The maximum Gasteiger partial charge on any atom is -0.00347 e. The fraction of sp³-hybridized carbons (Fsp3) is 0.0769. The molecule has 0 aliphatic rings. The van der Waals surface area contributed by atoms with Crippen molar-refractivity contribution in [1.29, 1.82) is 0 Å². The minimum absolute atomic E-state index is 0.366. The van der Waals surface area contributed by atoms with E-state index in [-0.39, 0.29) is 7.92 Å². The highest BCUT2D eigenvalue weighted by Crippen LogP contribution is 2.40. The number of rotatable bonds is 7. The fourth-order valence-corrected chi connectivity index (χ4v) is 8.65. The Bertz CT molecular complexity index is 792. The van der Waals surface area contributed by atoms with Gasteiger partial charge in [0.1, 0.15) is 0 Å². The molecule has 28 heavy (non-hydrogen) atoms. The largest absolute Gasteiger partial charge is 0.0702 e. The zero-order chi connectivity index (χ0) is 19.0. The summed E-state index contributed by atoms with van der Waals surface area (Å²) in [5.41, 5.74) is 0. The maximum atomic E-state index is 3.16. The third kappa shape index (κ3) is 4.69. The molecule has 0 saturated heterocycles. The molecule has 0 heterocycles. The zero-order valence-corrected chi connectivity index (χ0v) is 17.5. The van der Waals surface area contributed by atoms with Crippen molar-refractivity contribution in [2.75, 3.05) is 12.3 Å². The van der Waals surface area contributed by atoms with Crippen molar-refractivity contribution in [1.82, 2.24) is 0 Å². The van der Waals surface area contributed by atoms with Gasteiger partial charge in [-0.1, -0.05) is 103 Å². The van der Waals surface area contributed by atoms with E-state index in [4.69, 9.17) is 0 Å². The molecule has 1 atom stereocenters. The molecule has 0 nitrogen and oxygen atoms in total. The van der Waals surface area contributed by atoms with E-state index < -0.39 is 7.92 Å². The van der Waals surface area contributed by atoms with Crippen LogP contribution in [-0.2, 0) is 0 Å². The Kier molecular flexibility index (Phi) is 6.52. The van der Waals surface area contributed by atoms with E-state index in [1.165, 1.54) is 33.5 Å². The first-order valence-electron chi connectivity index (χ1n) is 9.50. The van der Waals surface area contributed by atoms with Crippen LogP contribution < -0.4 is 21.2 Å². The van der Waals surface area contributed by atoms with Crippen LogP contribution in [0, 0.1) is 12.1 Å². The Morgan fingerprint density at radius 3 is 1.29 bits per heavy atom. The molecule has 0 bridgehead atoms. The van der Waals surface area contributed by atoms with Crippen LogP contribution in [0.5, 0.6) is 0 Å². The first-order valence-corrected chi connectivity index (χ1v) is 12.6. The van der Waals surface area contributed by atoms with Gasteiger partial charge in [-0.05, 0) is 67.6 Å². The molecule has 0 radical (unpaired) electrons. The highest BCUT2D eigenvalue weighted by molar-refractivity contribution is 7.76. The molecule has 0 fully saturated rings. The Balaban J connectivity index is 1.64. The van der Waals surface area contributed by atoms with E-state index in [0.717, 1.165) is 0 Å². The van der Waals surface area contributed by atoms with Crippen LogP contribution in [0.3, 0.4) is 0 Å². The monoisotopic (exact) mass is 396 g/mol. The van der Waals surface area contributed by atoms with E-state index >= 15 is 0 Å². The summed E-state index contributed by atoms with van der Waals surface area (Å²) < 4.78 is 0. The topological polar surface area (TPSA) is 0 Å². The Hall–Kier alpha value is -2.44. The molecule has 0 spiro atoms. The SMILES string of the molecule is c1ccc(P(CCP(c2ccccc2)c2ccccc2)c2ccccc2)cc#1. The molecule has 0 aliphatic carbocycles. The van der Waals surface area contributed by atoms with Crippen molar-refractivity contribution < 1.29 is 0 Å². The zero-order valence-electron chi connectivity index (χ0n) is 15.7. The predicted octanol–water partition coefficient (Wildman–Crippen LogP) is 4.85. The molecular formula is C26H22P2. The van der Waals surface area contributed by atoms with Gasteiger partial charge in [0.25, 0.3) is 0 Å². The van der Waals surface area contributed by atoms with Gasteiger partial charge in [-0.2, -0.15) is 0 Å². The first kappa shape index (κ1) is 18.9. The van der Waals surface area contributed by atoms with Gasteiger partial charge in [-0.3, -0.25) is 0 Å². The first-order chi connectivity index (χ1) is 13.9. The van der Waals surface area contributed by atoms with E-state index in [9.17, 15) is 0 Å². The maximum absolute atomic E-state index is 3.16. The lowest BCUT2D eigenvalue weighted by atomic mass is 10.4. The summed E-state index contributed by atoms with van der Waals surface area (Å²) >= 11 is 0. The number of hydrogen-bond acceptors (Lipinski definition) is 0. The number of benzene rings is 3. The Labute approximate surface area is 170 Å².